The number of halogens is 1. The summed E-state index contributed by atoms with van der Waals surface area (Å²) in [6.45, 7) is 2.19. The van der Waals surface area contributed by atoms with Crippen molar-refractivity contribution in [1.82, 2.24) is 0 Å². The summed E-state index contributed by atoms with van der Waals surface area (Å²) in [6, 6.07) is 4.95. The minimum absolute atomic E-state index is 0.00701. The van der Waals surface area contributed by atoms with E-state index < -0.39 is 10.5 Å². The number of hydrogen-bond acceptors (Lipinski definition) is 4. The third-order valence-electron chi connectivity index (χ3n) is 4.09. The molecule has 0 heterocycles. The number of nitro benzene ring substituents is 1. The van der Waals surface area contributed by atoms with Crippen LogP contribution in [0.1, 0.15) is 32.6 Å². The molecule has 20 heavy (non-hydrogen) atoms. The van der Waals surface area contributed by atoms with Crippen molar-refractivity contribution in [2.45, 2.75) is 38.1 Å². The molecule has 0 aromatic heterocycles. The first-order chi connectivity index (χ1) is 9.46. The summed E-state index contributed by atoms with van der Waals surface area (Å²) in [6.07, 6.45) is 3.71. The van der Waals surface area contributed by atoms with E-state index in [1.807, 2.05) is 0 Å². The third kappa shape index (κ3) is 3.30. The molecule has 0 radical (unpaired) electrons. The van der Waals surface area contributed by atoms with Gasteiger partial charge in [-0.1, -0.05) is 22.9 Å². The second-order valence-electron chi connectivity index (χ2n) is 5.66. The normalized spacial score (nSPS) is 26.2. The Morgan fingerprint density at radius 2 is 2.15 bits per heavy atom. The van der Waals surface area contributed by atoms with Crippen molar-refractivity contribution in [2.24, 2.45) is 5.92 Å². The first kappa shape index (κ1) is 15.3. The SMILES string of the molecule is CC1CCC(CO)(Nc2ccc(Br)cc2[N+](=O)[O-])CC1. The molecule has 5 nitrogen and oxygen atoms in total. The lowest BCUT2D eigenvalue weighted by atomic mass is 9.77. The van der Waals surface area contributed by atoms with Crippen molar-refractivity contribution in [3.05, 3.63) is 32.8 Å². The molecule has 0 unspecified atom stereocenters. The van der Waals surface area contributed by atoms with Crippen LogP contribution in [0.25, 0.3) is 0 Å². The lowest BCUT2D eigenvalue weighted by molar-refractivity contribution is -0.384. The highest BCUT2D eigenvalue weighted by atomic mass is 79.9. The van der Waals surface area contributed by atoms with Crippen LogP contribution < -0.4 is 5.32 Å². The van der Waals surface area contributed by atoms with Gasteiger partial charge in [0.05, 0.1) is 17.1 Å². The van der Waals surface area contributed by atoms with E-state index in [1.165, 1.54) is 6.07 Å². The van der Waals surface area contributed by atoms with Gasteiger partial charge in [0, 0.05) is 10.5 Å². The van der Waals surface area contributed by atoms with Gasteiger partial charge in [0.2, 0.25) is 0 Å². The largest absolute Gasteiger partial charge is 0.394 e. The predicted octanol–water partition coefficient (Wildman–Crippen LogP) is 3.71. The topological polar surface area (TPSA) is 75.4 Å². The highest BCUT2D eigenvalue weighted by molar-refractivity contribution is 9.10. The molecule has 1 aliphatic rings. The summed E-state index contributed by atoms with van der Waals surface area (Å²) in [4.78, 5) is 10.7. The maximum absolute atomic E-state index is 11.1. The van der Waals surface area contributed by atoms with Gasteiger partial charge in [-0.15, -0.1) is 0 Å². The number of aliphatic hydroxyl groups excluding tert-OH is 1. The van der Waals surface area contributed by atoms with Crippen LogP contribution in [-0.4, -0.2) is 22.2 Å². The van der Waals surface area contributed by atoms with Crippen LogP contribution in [0.3, 0.4) is 0 Å². The monoisotopic (exact) mass is 342 g/mol. The zero-order chi connectivity index (χ0) is 14.8. The van der Waals surface area contributed by atoms with Crippen molar-refractivity contribution in [2.75, 3.05) is 11.9 Å². The van der Waals surface area contributed by atoms with Gasteiger partial charge in [0.15, 0.2) is 0 Å². The molecular weight excluding hydrogens is 324 g/mol. The van der Waals surface area contributed by atoms with Gasteiger partial charge in [0.1, 0.15) is 5.69 Å². The first-order valence-corrected chi connectivity index (χ1v) is 7.58. The summed E-state index contributed by atoms with van der Waals surface area (Å²) in [5.41, 5.74) is 0.0677. The van der Waals surface area contributed by atoms with Gasteiger partial charge >= 0.3 is 0 Å². The molecule has 1 aliphatic carbocycles. The molecule has 2 rings (SSSR count). The molecule has 0 aliphatic heterocycles. The van der Waals surface area contributed by atoms with Crippen molar-refractivity contribution < 1.29 is 10.0 Å². The lowest BCUT2D eigenvalue weighted by Gasteiger charge is -2.39. The standard InChI is InChI=1S/C14H19BrN2O3/c1-10-4-6-14(9-18,7-5-10)16-12-3-2-11(15)8-13(12)17(19)20/h2-3,8,10,16,18H,4-7,9H2,1H3. The molecule has 1 aromatic carbocycles. The number of anilines is 1. The number of nitro groups is 1. The third-order valence-corrected chi connectivity index (χ3v) is 4.58. The Morgan fingerprint density at radius 3 is 2.70 bits per heavy atom. The van der Waals surface area contributed by atoms with Gasteiger partial charge in [-0.05, 0) is 43.7 Å². The number of rotatable bonds is 4. The fraction of sp³-hybridized carbons (Fsp3) is 0.571. The Labute approximate surface area is 126 Å². The second-order valence-corrected chi connectivity index (χ2v) is 6.58. The van der Waals surface area contributed by atoms with Crippen LogP contribution in [0.15, 0.2) is 22.7 Å². The molecule has 1 aromatic rings. The van der Waals surface area contributed by atoms with Crippen molar-refractivity contribution >= 4 is 27.3 Å². The first-order valence-electron chi connectivity index (χ1n) is 6.79. The molecule has 0 amide bonds. The average Bonchev–Trinajstić information content (AvgIpc) is 2.43. The van der Waals surface area contributed by atoms with Crippen molar-refractivity contribution in [3.8, 4) is 0 Å². The van der Waals surface area contributed by atoms with Gasteiger partial charge in [0.25, 0.3) is 5.69 Å². The second kappa shape index (κ2) is 6.10. The maximum Gasteiger partial charge on any atom is 0.293 e. The van der Waals surface area contributed by atoms with Crippen LogP contribution in [-0.2, 0) is 0 Å². The number of nitrogens with zero attached hydrogens (tertiary/aromatic N) is 1. The molecule has 2 N–H and O–H groups in total. The van der Waals surface area contributed by atoms with Crippen LogP contribution in [0.5, 0.6) is 0 Å². The number of benzene rings is 1. The summed E-state index contributed by atoms with van der Waals surface area (Å²) in [5, 5.41) is 24.1. The van der Waals surface area contributed by atoms with Crippen LogP contribution in [0.4, 0.5) is 11.4 Å². The summed E-state index contributed by atoms with van der Waals surface area (Å²) < 4.78 is 0.671. The Hall–Kier alpha value is -1.14. The zero-order valence-electron chi connectivity index (χ0n) is 11.4. The summed E-state index contributed by atoms with van der Waals surface area (Å²) >= 11 is 3.25. The van der Waals surface area contributed by atoms with Gasteiger partial charge in [-0.3, -0.25) is 10.1 Å². The Morgan fingerprint density at radius 1 is 1.50 bits per heavy atom. The summed E-state index contributed by atoms with van der Waals surface area (Å²) in [7, 11) is 0. The predicted molar refractivity (Wildman–Crippen MR) is 81.9 cm³/mol. The van der Waals surface area contributed by atoms with E-state index in [0.29, 0.717) is 16.1 Å². The van der Waals surface area contributed by atoms with E-state index in [9.17, 15) is 15.2 Å². The van der Waals surface area contributed by atoms with E-state index in [-0.39, 0.29) is 12.3 Å². The molecule has 0 atom stereocenters. The zero-order valence-corrected chi connectivity index (χ0v) is 13.0. The molecule has 110 valence electrons. The van der Waals surface area contributed by atoms with E-state index in [1.54, 1.807) is 12.1 Å². The van der Waals surface area contributed by atoms with Gasteiger partial charge in [-0.25, -0.2) is 0 Å². The van der Waals surface area contributed by atoms with Gasteiger partial charge in [-0.2, -0.15) is 0 Å². The average molecular weight is 343 g/mol. The molecular formula is C14H19BrN2O3. The number of nitrogens with one attached hydrogen (secondary N) is 1. The summed E-state index contributed by atoms with van der Waals surface area (Å²) in [5.74, 6) is 0.649. The van der Waals surface area contributed by atoms with Crippen molar-refractivity contribution in [1.29, 1.82) is 0 Å². The molecule has 0 spiro atoms. The molecule has 6 heteroatoms. The van der Waals surface area contributed by atoms with Crippen LogP contribution >= 0.6 is 15.9 Å². The number of hydrogen-bond donors (Lipinski definition) is 2. The molecule has 1 saturated carbocycles. The smallest absolute Gasteiger partial charge is 0.293 e. The highest BCUT2D eigenvalue weighted by Gasteiger charge is 2.35. The quantitative estimate of drug-likeness (QED) is 0.645. The van der Waals surface area contributed by atoms with E-state index in [0.717, 1.165) is 25.7 Å². The molecule has 0 saturated heterocycles. The molecule has 1 fully saturated rings. The fourth-order valence-electron chi connectivity index (χ4n) is 2.68. The maximum atomic E-state index is 11.1. The van der Waals surface area contributed by atoms with Crippen LogP contribution in [0, 0.1) is 16.0 Å². The minimum atomic E-state index is -0.439. The van der Waals surface area contributed by atoms with E-state index in [4.69, 9.17) is 0 Å². The lowest BCUT2D eigenvalue weighted by Crippen LogP contribution is -2.45. The fourth-order valence-corrected chi connectivity index (χ4v) is 3.03. The Balaban J connectivity index is 2.26. The minimum Gasteiger partial charge on any atom is -0.394 e. The van der Waals surface area contributed by atoms with Crippen molar-refractivity contribution in [3.63, 3.8) is 0 Å². The van der Waals surface area contributed by atoms with Gasteiger partial charge < -0.3 is 10.4 Å². The van der Waals surface area contributed by atoms with E-state index in [2.05, 4.69) is 28.2 Å². The Bertz CT molecular complexity index is 499. The number of aliphatic hydroxyl groups is 1. The highest BCUT2D eigenvalue weighted by Crippen LogP contribution is 2.37. The van der Waals surface area contributed by atoms with E-state index >= 15 is 0 Å². The Kier molecular flexibility index (Phi) is 4.65. The molecule has 0 bridgehead atoms. The van der Waals surface area contributed by atoms with Crippen LogP contribution in [0.2, 0.25) is 0 Å².